The third-order valence-electron chi connectivity index (χ3n) is 5.25. The second-order valence-corrected chi connectivity index (χ2v) is 6.75. The fraction of sp³-hybridized carbons (Fsp3) is 0.941. The van der Waals surface area contributed by atoms with Gasteiger partial charge in [-0.25, -0.2) is 0 Å². The summed E-state index contributed by atoms with van der Waals surface area (Å²) in [6.07, 6.45) is 8.67. The molecule has 0 aromatic carbocycles. The fourth-order valence-corrected chi connectivity index (χ4v) is 3.72. The van der Waals surface area contributed by atoms with E-state index in [9.17, 15) is 4.79 Å². The van der Waals surface area contributed by atoms with Gasteiger partial charge in [0, 0.05) is 12.6 Å². The lowest BCUT2D eigenvalue weighted by molar-refractivity contribution is -0.126. The van der Waals surface area contributed by atoms with E-state index in [1.54, 1.807) is 0 Å². The maximum Gasteiger partial charge on any atom is 0.237 e. The molecule has 0 aromatic rings. The average Bonchev–Trinajstić information content (AvgIpc) is 3.05. The standard InChI is InChI=1S/C17H33N3O/c1-3-4-5-10-19-17(21)14(2)20-12-8-15(9-13-20)16-7-6-11-18-16/h14-16,18H,3-13H2,1-2H3,(H,19,21). The summed E-state index contributed by atoms with van der Waals surface area (Å²) in [6.45, 7) is 8.43. The number of carbonyl (C=O) groups is 1. The molecular weight excluding hydrogens is 262 g/mol. The Morgan fingerprint density at radius 2 is 2.05 bits per heavy atom. The van der Waals surface area contributed by atoms with E-state index in [0.29, 0.717) is 0 Å². The molecule has 2 aliphatic heterocycles. The van der Waals surface area contributed by atoms with Crippen LogP contribution in [0.4, 0.5) is 0 Å². The van der Waals surface area contributed by atoms with Gasteiger partial charge in [-0.1, -0.05) is 19.8 Å². The summed E-state index contributed by atoms with van der Waals surface area (Å²) in [5, 5.41) is 6.72. The van der Waals surface area contributed by atoms with Gasteiger partial charge >= 0.3 is 0 Å². The number of nitrogens with zero attached hydrogens (tertiary/aromatic N) is 1. The summed E-state index contributed by atoms with van der Waals surface area (Å²) in [5.74, 6) is 1.03. The van der Waals surface area contributed by atoms with Crippen LogP contribution in [0.1, 0.15) is 58.8 Å². The Morgan fingerprint density at radius 1 is 1.29 bits per heavy atom. The van der Waals surface area contributed by atoms with Crippen molar-refractivity contribution in [1.29, 1.82) is 0 Å². The maximum absolute atomic E-state index is 12.2. The zero-order valence-corrected chi connectivity index (χ0v) is 13.9. The second-order valence-electron chi connectivity index (χ2n) is 6.75. The van der Waals surface area contributed by atoms with Crippen molar-refractivity contribution in [2.24, 2.45) is 5.92 Å². The number of unbranched alkanes of at least 4 members (excludes halogenated alkanes) is 2. The highest BCUT2D eigenvalue weighted by atomic mass is 16.2. The molecule has 2 fully saturated rings. The number of hydrogen-bond donors (Lipinski definition) is 2. The summed E-state index contributed by atoms with van der Waals surface area (Å²) in [5.41, 5.74) is 0. The number of nitrogens with one attached hydrogen (secondary N) is 2. The SMILES string of the molecule is CCCCCNC(=O)C(C)N1CCC(C2CCCN2)CC1. The summed E-state index contributed by atoms with van der Waals surface area (Å²) in [4.78, 5) is 14.5. The number of likely N-dealkylation sites (tertiary alicyclic amines) is 1. The third kappa shape index (κ3) is 4.96. The van der Waals surface area contributed by atoms with Gasteiger partial charge in [0.1, 0.15) is 0 Å². The third-order valence-corrected chi connectivity index (χ3v) is 5.25. The number of amides is 1. The van der Waals surface area contributed by atoms with E-state index in [2.05, 4.69) is 29.4 Å². The van der Waals surface area contributed by atoms with Gasteiger partial charge in [0.25, 0.3) is 0 Å². The zero-order chi connectivity index (χ0) is 15.1. The van der Waals surface area contributed by atoms with Crippen LogP contribution in [0.25, 0.3) is 0 Å². The van der Waals surface area contributed by atoms with Gasteiger partial charge in [0.2, 0.25) is 5.91 Å². The van der Waals surface area contributed by atoms with E-state index in [0.717, 1.165) is 38.0 Å². The van der Waals surface area contributed by atoms with Crippen molar-refractivity contribution in [3.8, 4) is 0 Å². The molecule has 2 N–H and O–H groups in total. The Hall–Kier alpha value is -0.610. The van der Waals surface area contributed by atoms with Crippen LogP contribution in [-0.2, 0) is 4.79 Å². The molecule has 21 heavy (non-hydrogen) atoms. The molecule has 0 aliphatic carbocycles. The van der Waals surface area contributed by atoms with Crippen LogP contribution >= 0.6 is 0 Å². The number of rotatable bonds is 7. The molecule has 0 spiro atoms. The van der Waals surface area contributed by atoms with Crippen LogP contribution in [0, 0.1) is 5.92 Å². The highest BCUT2D eigenvalue weighted by Gasteiger charge is 2.31. The van der Waals surface area contributed by atoms with Crippen LogP contribution < -0.4 is 10.6 Å². The van der Waals surface area contributed by atoms with E-state index < -0.39 is 0 Å². The molecule has 0 radical (unpaired) electrons. The first-order chi connectivity index (χ1) is 10.2. The lowest BCUT2D eigenvalue weighted by Gasteiger charge is -2.37. The molecule has 4 nitrogen and oxygen atoms in total. The summed E-state index contributed by atoms with van der Waals surface area (Å²) in [7, 11) is 0. The Balaban J connectivity index is 1.67. The maximum atomic E-state index is 12.2. The highest BCUT2D eigenvalue weighted by Crippen LogP contribution is 2.26. The summed E-state index contributed by atoms with van der Waals surface area (Å²) >= 11 is 0. The minimum atomic E-state index is 0.0316. The van der Waals surface area contributed by atoms with Crippen LogP contribution in [0.15, 0.2) is 0 Å². The minimum Gasteiger partial charge on any atom is -0.355 e. The van der Waals surface area contributed by atoms with E-state index in [-0.39, 0.29) is 11.9 Å². The van der Waals surface area contributed by atoms with Crippen molar-refractivity contribution in [3.05, 3.63) is 0 Å². The molecular formula is C17H33N3O. The Morgan fingerprint density at radius 3 is 2.67 bits per heavy atom. The molecule has 2 aliphatic rings. The summed E-state index contributed by atoms with van der Waals surface area (Å²) in [6, 6.07) is 0.773. The zero-order valence-electron chi connectivity index (χ0n) is 13.9. The van der Waals surface area contributed by atoms with Crippen molar-refractivity contribution in [3.63, 3.8) is 0 Å². The predicted octanol–water partition coefficient (Wildman–Crippen LogP) is 2.15. The molecule has 0 bridgehead atoms. The molecule has 2 heterocycles. The van der Waals surface area contributed by atoms with Gasteiger partial charge in [-0.05, 0) is 64.6 Å². The van der Waals surface area contributed by atoms with E-state index in [4.69, 9.17) is 0 Å². The summed E-state index contributed by atoms with van der Waals surface area (Å²) < 4.78 is 0. The van der Waals surface area contributed by atoms with Crippen LogP contribution in [0.3, 0.4) is 0 Å². The number of carbonyl (C=O) groups excluding carboxylic acids is 1. The van der Waals surface area contributed by atoms with Gasteiger partial charge in [0.05, 0.1) is 6.04 Å². The molecule has 2 saturated heterocycles. The van der Waals surface area contributed by atoms with Crippen LogP contribution in [-0.4, -0.2) is 49.1 Å². The first-order valence-corrected chi connectivity index (χ1v) is 8.97. The lowest BCUT2D eigenvalue weighted by Crippen LogP contribution is -2.50. The minimum absolute atomic E-state index is 0.0316. The van der Waals surface area contributed by atoms with Crippen molar-refractivity contribution < 1.29 is 4.79 Å². The van der Waals surface area contributed by atoms with Gasteiger partial charge in [-0.2, -0.15) is 0 Å². The van der Waals surface area contributed by atoms with Crippen molar-refractivity contribution >= 4 is 5.91 Å². The van der Waals surface area contributed by atoms with Crippen molar-refractivity contribution in [2.75, 3.05) is 26.2 Å². The normalized spacial score (nSPS) is 25.9. The largest absolute Gasteiger partial charge is 0.355 e. The fourth-order valence-electron chi connectivity index (χ4n) is 3.72. The molecule has 1 amide bonds. The molecule has 0 aromatic heterocycles. The quantitative estimate of drug-likeness (QED) is 0.707. The topological polar surface area (TPSA) is 44.4 Å². The van der Waals surface area contributed by atoms with Crippen molar-refractivity contribution in [1.82, 2.24) is 15.5 Å². The van der Waals surface area contributed by atoms with Crippen molar-refractivity contribution in [2.45, 2.75) is 70.9 Å². The highest BCUT2D eigenvalue weighted by molar-refractivity contribution is 5.81. The van der Waals surface area contributed by atoms with Gasteiger partial charge < -0.3 is 10.6 Å². The molecule has 2 unspecified atom stereocenters. The molecule has 122 valence electrons. The lowest BCUT2D eigenvalue weighted by atomic mass is 9.88. The Kier molecular flexibility index (Phi) is 6.97. The van der Waals surface area contributed by atoms with Gasteiger partial charge in [-0.3, -0.25) is 9.69 Å². The van der Waals surface area contributed by atoms with Crippen LogP contribution in [0.2, 0.25) is 0 Å². The van der Waals surface area contributed by atoms with Crippen LogP contribution in [0.5, 0.6) is 0 Å². The average molecular weight is 295 g/mol. The molecule has 0 saturated carbocycles. The Labute approximate surface area is 130 Å². The first-order valence-electron chi connectivity index (χ1n) is 8.97. The monoisotopic (exact) mass is 295 g/mol. The van der Waals surface area contributed by atoms with Gasteiger partial charge in [-0.15, -0.1) is 0 Å². The number of piperidine rings is 1. The van der Waals surface area contributed by atoms with E-state index >= 15 is 0 Å². The molecule has 2 rings (SSSR count). The second kappa shape index (κ2) is 8.74. The number of hydrogen-bond acceptors (Lipinski definition) is 3. The van der Waals surface area contributed by atoms with E-state index in [1.807, 2.05) is 0 Å². The smallest absolute Gasteiger partial charge is 0.237 e. The Bertz CT molecular complexity index is 307. The molecule has 2 atom stereocenters. The van der Waals surface area contributed by atoms with Gasteiger partial charge in [0.15, 0.2) is 0 Å². The molecule has 4 heteroatoms. The first kappa shape index (κ1) is 16.8. The van der Waals surface area contributed by atoms with E-state index in [1.165, 1.54) is 45.1 Å². The predicted molar refractivity (Wildman–Crippen MR) is 87.3 cm³/mol.